The van der Waals surface area contributed by atoms with E-state index in [1.54, 1.807) is 0 Å². The lowest BCUT2D eigenvalue weighted by Gasteiger charge is -2.36. The first-order valence-corrected chi connectivity index (χ1v) is 13.1. The van der Waals surface area contributed by atoms with Crippen LogP contribution >= 0.6 is 0 Å². The van der Waals surface area contributed by atoms with Crippen molar-refractivity contribution in [2.45, 2.75) is 58.4 Å². The Morgan fingerprint density at radius 2 is 1.85 bits per heavy atom. The first kappa shape index (κ1) is 22.4. The minimum atomic E-state index is -4.04. The van der Waals surface area contributed by atoms with Gasteiger partial charge in [-0.3, -0.25) is 4.79 Å². The number of carbonyl (C=O) groups excluding carboxylic acids is 1. The normalized spacial score (nSPS) is 20.6. The summed E-state index contributed by atoms with van der Waals surface area (Å²) in [5, 5.41) is 3.29. The van der Waals surface area contributed by atoms with Crippen molar-refractivity contribution in [1.82, 2.24) is 14.0 Å². The van der Waals surface area contributed by atoms with Crippen molar-refractivity contribution in [3.63, 3.8) is 0 Å². The number of oxazole rings is 1. The largest absolute Gasteiger partial charge is 0.418 e. The number of aromatic nitrogens is 1. The Bertz CT molecular complexity index is 1140. The maximum absolute atomic E-state index is 12.9. The minimum Gasteiger partial charge on any atom is -0.418 e. The van der Waals surface area contributed by atoms with Gasteiger partial charge in [0.05, 0.1) is 25.5 Å². The summed E-state index contributed by atoms with van der Waals surface area (Å²) in [6.07, 6.45) is 7.68. The Morgan fingerprint density at radius 3 is 2.52 bits per heavy atom. The van der Waals surface area contributed by atoms with E-state index in [0.717, 1.165) is 44.2 Å². The number of nitrogens with zero attached hydrogens (tertiary/aromatic N) is 2. The number of amides is 1. The maximum Gasteiger partial charge on any atom is 0.304 e. The molecule has 2 aromatic rings. The summed E-state index contributed by atoms with van der Waals surface area (Å²) in [4.78, 5) is 16.9. The highest BCUT2D eigenvalue weighted by atomic mass is 32.2. The first-order chi connectivity index (χ1) is 15.8. The third kappa shape index (κ3) is 4.27. The van der Waals surface area contributed by atoms with Crippen LogP contribution in [0.3, 0.4) is 0 Å². The van der Waals surface area contributed by atoms with Crippen LogP contribution in [0.4, 0.5) is 11.7 Å². The smallest absolute Gasteiger partial charge is 0.304 e. The van der Waals surface area contributed by atoms with E-state index in [1.807, 2.05) is 13.8 Å². The van der Waals surface area contributed by atoms with Gasteiger partial charge in [-0.25, -0.2) is 9.71 Å². The van der Waals surface area contributed by atoms with Gasteiger partial charge >= 0.3 is 16.1 Å². The van der Waals surface area contributed by atoms with Crippen molar-refractivity contribution in [2.24, 2.45) is 5.92 Å². The summed E-state index contributed by atoms with van der Waals surface area (Å²) in [6, 6.07) is 2.20. The van der Waals surface area contributed by atoms with Crippen LogP contribution < -0.4 is 10.0 Å². The number of benzene rings is 1. The lowest BCUT2D eigenvalue weighted by atomic mass is 9.99. The first-order valence-electron chi connectivity index (χ1n) is 11.6. The fraction of sp³-hybridized carbons (Fsp3) is 0.565. The SMILES string of the molecule is CC(C)C1COCCN1S(=O)(=O)NC(=O)c1cnc(Nc2c3c(cc4c2CCC4)CCC3)o1. The van der Waals surface area contributed by atoms with Crippen LogP contribution in [-0.4, -0.2) is 49.4 Å². The standard InChI is InChI=1S/C23H30N4O5S/c1-14(2)19-13-31-10-9-27(19)33(29,30)26-22(28)20-12-24-23(32-20)25-21-17-7-3-5-15(17)11-16-6-4-8-18(16)21/h11-12,14,19H,3-10,13H2,1-2H3,(H,24,25)(H,26,28). The van der Waals surface area contributed by atoms with Crippen LogP contribution in [0.2, 0.25) is 0 Å². The molecule has 1 unspecified atom stereocenters. The number of anilines is 2. The molecule has 2 aliphatic carbocycles. The number of nitrogens with one attached hydrogen (secondary N) is 2. The van der Waals surface area contributed by atoms with Gasteiger partial charge in [-0.2, -0.15) is 12.7 Å². The molecular weight excluding hydrogens is 444 g/mol. The van der Waals surface area contributed by atoms with E-state index in [9.17, 15) is 13.2 Å². The number of hydrogen-bond donors (Lipinski definition) is 2. The maximum atomic E-state index is 12.9. The highest BCUT2D eigenvalue weighted by Crippen LogP contribution is 2.39. The van der Waals surface area contributed by atoms with Crippen LogP contribution in [0.25, 0.3) is 0 Å². The number of fused-ring (bicyclic) bond motifs is 2. The van der Waals surface area contributed by atoms with Crippen LogP contribution in [0.1, 0.15) is 59.5 Å². The fourth-order valence-electron chi connectivity index (χ4n) is 5.17. The Kier molecular flexibility index (Phi) is 5.92. The molecule has 0 spiro atoms. The summed E-state index contributed by atoms with van der Waals surface area (Å²) in [5.41, 5.74) is 6.40. The van der Waals surface area contributed by atoms with Gasteiger partial charge in [0.1, 0.15) is 0 Å². The highest BCUT2D eigenvalue weighted by Gasteiger charge is 2.36. The van der Waals surface area contributed by atoms with Crippen molar-refractivity contribution in [3.05, 3.63) is 40.3 Å². The Hall–Kier alpha value is -2.43. The second kappa shape index (κ2) is 8.73. The van der Waals surface area contributed by atoms with Gasteiger partial charge in [0.15, 0.2) is 0 Å². The van der Waals surface area contributed by atoms with E-state index in [1.165, 1.54) is 32.8 Å². The number of carbonyl (C=O) groups is 1. The average Bonchev–Trinajstić information content (AvgIpc) is 3.53. The predicted molar refractivity (Wildman–Crippen MR) is 123 cm³/mol. The quantitative estimate of drug-likeness (QED) is 0.662. The average molecular weight is 475 g/mol. The lowest BCUT2D eigenvalue weighted by Crippen LogP contribution is -2.55. The van der Waals surface area contributed by atoms with E-state index in [2.05, 4.69) is 21.1 Å². The van der Waals surface area contributed by atoms with E-state index in [4.69, 9.17) is 9.15 Å². The molecule has 33 heavy (non-hydrogen) atoms. The van der Waals surface area contributed by atoms with Crippen molar-refractivity contribution in [2.75, 3.05) is 25.1 Å². The molecule has 0 bridgehead atoms. The van der Waals surface area contributed by atoms with E-state index >= 15 is 0 Å². The Labute approximate surface area is 194 Å². The molecule has 0 radical (unpaired) electrons. The highest BCUT2D eigenvalue weighted by molar-refractivity contribution is 7.87. The molecule has 1 aliphatic heterocycles. The third-order valence-corrected chi connectivity index (χ3v) is 8.36. The molecule has 10 heteroatoms. The van der Waals surface area contributed by atoms with E-state index in [-0.39, 0.29) is 30.3 Å². The number of aryl methyl sites for hydroxylation is 2. The van der Waals surface area contributed by atoms with Gasteiger partial charge in [0.25, 0.3) is 6.01 Å². The van der Waals surface area contributed by atoms with Crippen LogP contribution in [0, 0.1) is 5.92 Å². The number of ether oxygens (including phenoxy) is 1. The molecule has 1 amide bonds. The fourth-order valence-corrected chi connectivity index (χ4v) is 6.60. The van der Waals surface area contributed by atoms with Gasteiger partial charge in [0, 0.05) is 12.2 Å². The Balaban J connectivity index is 1.33. The molecule has 3 aliphatic rings. The van der Waals surface area contributed by atoms with Crippen molar-refractivity contribution >= 4 is 27.8 Å². The zero-order valence-corrected chi connectivity index (χ0v) is 19.8. The predicted octanol–water partition coefficient (Wildman–Crippen LogP) is 2.73. The van der Waals surface area contributed by atoms with Gasteiger partial charge < -0.3 is 14.5 Å². The molecule has 2 N–H and O–H groups in total. The van der Waals surface area contributed by atoms with E-state index < -0.39 is 16.1 Å². The van der Waals surface area contributed by atoms with Crippen LogP contribution in [0.5, 0.6) is 0 Å². The summed E-state index contributed by atoms with van der Waals surface area (Å²) in [7, 11) is -4.04. The molecule has 9 nitrogen and oxygen atoms in total. The van der Waals surface area contributed by atoms with Crippen molar-refractivity contribution in [1.29, 1.82) is 0 Å². The van der Waals surface area contributed by atoms with Gasteiger partial charge in [-0.1, -0.05) is 19.9 Å². The molecule has 1 fully saturated rings. The Morgan fingerprint density at radius 1 is 1.15 bits per heavy atom. The van der Waals surface area contributed by atoms with Gasteiger partial charge in [0.2, 0.25) is 5.76 Å². The lowest BCUT2D eigenvalue weighted by molar-refractivity contribution is 0.0154. The zero-order valence-electron chi connectivity index (χ0n) is 19.0. The minimum absolute atomic E-state index is 0.0485. The third-order valence-electron chi connectivity index (χ3n) is 6.85. The zero-order chi connectivity index (χ0) is 23.2. The van der Waals surface area contributed by atoms with Crippen LogP contribution in [-0.2, 0) is 40.6 Å². The monoisotopic (exact) mass is 474 g/mol. The van der Waals surface area contributed by atoms with Crippen molar-refractivity contribution < 1.29 is 22.4 Å². The second-order valence-electron chi connectivity index (χ2n) is 9.32. The number of morpholine rings is 1. The molecule has 5 rings (SSSR count). The number of hydrogen-bond acceptors (Lipinski definition) is 7. The number of rotatable bonds is 6. The molecule has 178 valence electrons. The molecular formula is C23H30N4O5S. The summed E-state index contributed by atoms with van der Waals surface area (Å²) < 4.78 is 40.3. The summed E-state index contributed by atoms with van der Waals surface area (Å²) in [6.45, 7) is 4.64. The van der Waals surface area contributed by atoms with E-state index in [0.29, 0.717) is 13.2 Å². The molecule has 1 saturated heterocycles. The topological polar surface area (TPSA) is 114 Å². The van der Waals surface area contributed by atoms with Gasteiger partial charge in [-0.05, 0) is 66.7 Å². The second-order valence-corrected chi connectivity index (χ2v) is 10.9. The summed E-state index contributed by atoms with van der Waals surface area (Å²) in [5.74, 6) is -0.944. The van der Waals surface area contributed by atoms with Crippen molar-refractivity contribution in [3.8, 4) is 0 Å². The molecule has 0 saturated carbocycles. The van der Waals surface area contributed by atoms with Gasteiger partial charge in [-0.15, -0.1) is 0 Å². The molecule has 1 aromatic carbocycles. The van der Waals surface area contributed by atoms with Crippen LogP contribution in [0.15, 0.2) is 16.7 Å². The molecule has 1 aromatic heterocycles. The summed E-state index contributed by atoms with van der Waals surface area (Å²) >= 11 is 0. The molecule has 1 atom stereocenters. The molecule has 2 heterocycles.